The molecule has 0 saturated heterocycles. The Balaban J connectivity index is 2.24. The molecule has 0 N–H and O–H groups in total. The Kier molecular flexibility index (Phi) is 2.05. The van der Waals surface area contributed by atoms with Gasteiger partial charge in [-0.05, 0) is 30.4 Å². The van der Waals surface area contributed by atoms with Gasteiger partial charge < -0.3 is 4.57 Å². The quantitative estimate of drug-likeness (QED) is 0.672. The summed E-state index contributed by atoms with van der Waals surface area (Å²) >= 11 is 5.87. The van der Waals surface area contributed by atoms with Crippen LogP contribution in [0.1, 0.15) is 32.2 Å². The fraction of sp³-hybridized carbons (Fsp3) is 0.750. The Morgan fingerprint density at radius 3 is 2.92 bits per heavy atom. The molecule has 1 aliphatic rings. The highest BCUT2D eigenvalue weighted by molar-refractivity contribution is 6.28. The first-order valence-electron chi connectivity index (χ1n) is 4.34. The molecule has 0 radical (unpaired) electrons. The Morgan fingerprint density at radius 2 is 2.42 bits per heavy atom. The van der Waals surface area contributed by atoms with Crippen LogP contribution in [0.3, 0.4) is 0 Å². The summed E-state index contributed by atoms with van der Waals surface area (Å²) in [5, 5.41) is 8.08. The first-order valence-corrected chi connectivity index (χ1v) is 4.72. The smallest absolute Gasteiger partial charge is 0.225 e. The highest BCUT2D eigenvalue weighted by Crippen LogP contribution is 2.36. The van der Waals surface area contributed by atoms with E-state index in [9.17, 15) is 0 Å². The average Bonchev–Trinajstić information content (AvgIpc) is 2.59. The highest BCUT2D eigenvalue weighted by atomic mass is 35.5. The first-order chi connectivity index (χ1) is 5.79. The molecule has 1 aliphatic carbocycles. The topological polar surface area (TPSA) is 30.7 Å². The summed E-state index contributed by atoms with van der Waals surface area (Å²) in [5.74, 6) is 0.707. The maximum absolute atomic E-state index is 5.87. The van der Waals surface area contributed by atoms with E-state index in [0.717, 1.165) is 0 Å². The molecule has 4 heteroatoms. The molecule has 1 saturated carbocycles. The van der Waals surface area contributed by atoms with Crippen molar-refractivity contribution in [1.82, 2.24) is 14.8 Å². The Morgan fingerprint density at radius 1 is 1.58 bits per heavy atom. The molecule has 66 valence electrons. The molecule has 1 aromatic heterocycles. The van der Waals surface area contributed by atoms with Crippen LogP contribution in [-0.2, 0) is 0 Å². The Labute approximate surface area is 76.7 Å². The zero-order valence-corrected chi connectivity index (χ0v) is 7.83. The minimum absolute atomic E-state index is 0.521. The average molecular weight is 186 g/mol. The van der Waals surface area contributed by atoms with Gasteiger partial charge in [-0.3, -0.25) is 0 Å². The SMILES string of the molecule is CC1CCCC1n1cnnc1Cl. The van der Waals surface area contributed by atoms with Gasteiger partial charge in [0.05, 0.1) is 0 Å². The van der Waals surface area contributed by atoms with Crippen molar-refractivity contribution < 1.29 is 0 Å². The number of hydrogen-bond acceptors (Lipinski definition) is 2. The highest BCUT2D eigenvalue weighted by Gasteiger charge is 2.26. The summed E-state index contributed by atoms with van der Waals surface area (Å²) in [7, 11) is 0. The van der Waals surface area contributed by atoms with Crippen molar-refractivity contribution in [2.45, 2.75) is 32.2 Å². The number of hydrogen-bond donors (Lipinski definition) is 0. The molecule has 0 amide bonds. The molecule has 0 spiro atoms. The lowest BCUT2D eigenvalue weighted by atomic mass is 10.1. The van der Waals surface area contributed by atoms with Gasteiger partial charge in [-0.1, -0.05) is 13.3 Å². The van der Waals surface area contributed by atoms with Crippen molar-refractivity contribution in [3.8, 4) is 0 Å². The maximum Gasteiger partial charge on any atom is 0.225 e. The van der Waals surface area contributed by atoms with Crippen molar-refractivity contribution in [3.05, 3.63) is 11.6 Å². The molecule has 12 heavy (non-hydrogen) atoms. The summed E-state index contributed by atoms with van der Waals surface area (Å²) in [6, 6.07) is 0.521. The summed E-state index contributed by atoms with van der Waals surface area (Å²) in [6.45, 7) is 2.26. The van der Waals surface area contributed by atoms with Crippen molar-refractivity contribution in [1.29, 1.82) is 0 Å². The van der Waals surface area contributed by atoms with E-state index in [1.165, 1.54) is 19.3 Å². The zero-order valence-electron chi connectivity index (χ0n) is 7.07. The van der Waals surface area contributed by atoms with E-state index in [1.807, 2.05) is 4.57 Å². The zero-order chi connectivity index (χ0) is 8.55. The molecule has 2 rings (SSSR count). The second-order valence-corrected chi connectivity index (χ2v) is 3.82. The van der Waals surface area contributed by atoms with Crippen LogP contribution in [0.25, 0.3) is 0 Å². The fourth-order valence-corrected chi connectivity index (χ4v) is 2.20. The Hall–Kier alpha value is -0.570. The third-order valence-electron chi connectivity index (χ3n) is 2.70. The molecule has 0 bridgehead atoms. The number of aromatic nitrogens is 3. The second-order valence-electron chi connectivity index (χ2n) is 3.48. The third kappa shape index (κ3) is 1.22. The molecular weight excluding hydrogens is 174 g/mol. The number of rotatable bonds is 1. The lowest BCUT2D eigenvalue weighted by Crippen LogP contribution is -2.10. The largest absolute Gasteiger partial charge is 0.301 e. The van der Waals surface area contributed by atoms with E-state index in [-0.39, 0.29) is 0 Å². The fourth-order valence-electron chi connectivity index (χ4n) is 1.99. The van der Waals surface area contributed by atoms with Gasteiger partial charge in [0, 0.05) is 6.04 Å². The van der Waals surface area contributed by atoms with Gasteiger partial charge in [0.1, 0.15) is 6.33 Å². The second kappa shape index (κ2) is 3.05. The van der Waals surface area contributed by atoms with Crippen LogP contribution in [-0.4, -0.2) is 14.8 Å². The van der Waals surface area contributed by atoms with Gasteiger partial charge in [-0.25, -0.2) is 0 Å². The van der Waals surface area contributed by atoms with E-state index in [2.05, 4.69) is 17.1 Å². The molecular formula is C8H12ClN3. The van der Waals surface area contributed by atoms with Crippen molar-refractivity contribution in [3.63, 3.8) is 0 Å². The van der Waals surface area contributed by atoms with E-state index in [4.69, 9.17) is 11.6 Å². The monoisotopic (exact) mass is 185 g/mol. The summed E-state index contributed by atoms with van der Waals surface area (Å²) in [4.78, 5) is 0. The molecule has 3 nitrogen and oxygen atoms in total. The molecule has 1 heterocycles. The van der Waals surface area contributed by atoms with Gasteiger partial charge in [0.25, 0.3) is 0 Å². The summed E-state index contributed by atoms with van der Waals surface area (Å²) in [5.41, 5.74) is 0. The summed E-state index contributed by atoms with van der Waals surface area (Å²) < 4.78 is 1.99. The minimum atomic E-state index is 0.521. The van der Waals surface area contributed by atoms with Gasteiger partial charge in [-0.15, -0.1) is 10.2 Å². The van der Waals surface area contributed by atoms with Crippen LogP contribution in [0.4, 0.5) is 0 Å². The van der Waals surface area contributed by atoms with Crippen LogP contribution < -0.4 is 0 Å². The van der Waals surface area contributed by atoms with E-state index in [1.54, 1.807) is 6.33 Å². The standard InChI is InChI=1S/C8H12ClN3/c1-6-3-2-4-7(6)12-5-10-11-8(12)9/h5-7H,2-4H2,1H3. The molecule has 2 atom stereocenters. The minimum Gasteiger partial charge on any atom is -0.301 e. The first kappa shape index (κ1) is 8.05. The van der Waals surface area contributed by atoms with Crippen LogP contribution in [0.2, 0.25) is 5.28 Å². The normalized spacial score (nSPS) is 29.5. The lowest BCUT2D eigenvalue weighted by Gasteiger charge is -2.16. The maximum atomic E-state index is 5.87. The lowest BCUT2D eigenvalue weighted by molar-refractivity contribution is 0.407. The van der Waals surface area contributed by atoms with Crippen LogP contribution in [0, 0.1) is 5.92 Å². The van der Waals surface area contributed by atoms with Crippen LogP contribution in [0.15, 0.2) is 6.33 Å². The van der Waals surface area contributed by atoms with Crippen molar-refractivity contribution in [2.75, 3.05) is 0 Å². The van der Waals surface area contributed by atoms with Crippen LogP contribution >= 0.6 is 11.6 Å². The van der Waals surface area contributed by atoms with E-state index >= 15 is 0 Å². The predicted octanol–water partition coefficient (Wildman–Crippen LogP) is 2.29. The number of nitrogens with zero attached hydrogens (tertiary/aromatic N) is 3. The molecule has 2 unspecified atom stereocenters. The third-order valence-corrected chi connectivity index (χ3v) is 2.97. The van der Waals surface area contributed by atoms with Crippen molar-refractivity contribution in [2.24, 2.45) is 5.92 Å². The van der Waals surface area contributed by atoms with Crippen molar-refractivity contribution >= 4 is 11.6 Å². The molecule has 0 aliphatic heterocycles. The van der Waals surface area contributed by atoms with E-state index in [0.29, 0.717) is 17.2 Å². The van der Waals surface area contributed by atoms with Gasteiger partial charge >= 0.3 is 0 Å². The number of halogens is 1. The molecule has 1 aromatic rings. The Bertz CT molecular complexity index is 271. The van der Waals surface area contributed by atoms with E-state index < -0.39 is 0 Å². The van der Waals surface area contributed by atoms with Crippen LogP contribution in [0.5, 0.6) is 0 Å². The predicted molar refractivity (Wildman–Crippen MR) is 47.1 cm³/mol. The van der Waals surface area contributed by atoms with Gasteiger partial charge in [0.2, 0.25) is 5.28 Å². The van der Waals surface area contributed by atoms with Gasteiger partial charge in [-0.2, -0.15) is 0 Å². The molecule has 0 aromatic carbocycles. The molecule has 1 fully saturated rings. The van der Waals surface area contributed by atoms with Gasteiger partial charge in [0.15, 0.2) is 0 Å². The summed E-state index contributed by atoms with van der Waals surface area (Å²) in [6.07, 6.45) is 5.52.